The number of carbonyl (C=O) groups is 1. The summed E-state index contributed by atoms with van der Waals surface area (Å²) in [7, 11) is 1.64. The molecule has 1 N–H and O–H groups in total. The van der Waals surface area contributed by atoms with Crippen LogP contribution in [-0.2, 0) is 16.1 Å². The van der Waals surface area contributed by atoms with E-state index >= 15 is 0 Å². The molecule has 0 saturated carbocycles. The Labute approximate surface area is 189 Å². The summed E-state index contributed by atoms with van der Waals surface area (Å²) in [6.07, 6.45) is 2.89. The van der Waals surface area contributed by atoms with Gasteiger partial charge in [0.2, 0.25) is 17.6 Å². The van der Waals surface area contributed by atoms with Gasteiger partial charge < -0.3 is 19.3 Å². The Balaban J connectivity index is 1.21. The van der Waals surface area contributed by atoms with Crippen molar-refractivity contribution in [3.05, 3.63) is 30.2 Å². The van der Waals surface area contributed by atoms with Crippen molar-refractivity contribution in [1.82, 2.24) is 25.3 Å². The van der Waals surface area contributed by atoms with E-state index in [1.54, 1.807) is 7.11 Å². The van der Waals surface area contributed by atoms with E-state index in [0.29, 0.717) is 18.3 Å². The van der Waals surface area contributed by atoms with Gasteiger partial charge >= 0.3 is 0 Å². The van der Waals surface area contributed by atoms with Crippen LogP contribution in [0.2, 0.25) is 0 Å². The van der Waals surface area contributed by atoms with Crippen molar-refractivity contribution >= 4 is 5.91 Å². The largest absolute Gasteiger partial charge is 0.497 e. The molecule has 0 aliphatic carbocycles. The molecule has 1 aromatic heterocycles. The summed E-state index contributed by atoms with van der Waals surface area (Å²) in [6, 6.07) is 7.57. The van der Waals surface area contributed by atoms with Gasteiger partial charge in [-0.2, -0.15) is 4.98 Å². The van der Waals surface area contributed by atoms with Gasteiger partial charge in [-0.25, -0.2) is 0 Å². The second-order valence-corrected chi connectivity index (χ2v) is 8.41. The van der Waals surface area contributed by atoms with Crippen LogP contribution < -0.4 is 10.1 Å². The van der Waals surface area contributed by atoms with Crippen molar-refractivity contribution in [2.75, 3.05) is 59.6 Å². The maximum atomic E-state index is 12.7. The molecule has 2 aliphatic rings. The molecule has 2 saturated heterocycles. The minimum atomic E-state index is 0.0103. The minimum absolute atomic E-state index is 0.0103. The second-order valence-electron chi connectivity index (χ2n) is 8.41. The Morgan fingerprint density at radius 2 is 2.00 bits per heavy atom. The Kier molecular flexibility index (Phi) is 8.08. The fraction of sp³-hybridized carbons (Fsp3) is 0.609. The van der Waals surface area contributed by atoms with Crippen molar-refractivity contribution in [2.45, 2.75) is 25.8 Å². The number of nitrogens with zero attached hydrogens (tertiary/aromatic N) is 4. The first kappa shape index (κ1) is 22.7. The number of hydrogen-bond acceptors (Lipinski definition) is 8. The molecule has 1 unspecified atom stereocenters. The lowest BCUT2D eigenvalue weighted by Crippen LogP contribution is -2.43. The van der Waals surface area contributed by atoms with E-state index in [9.17, 15) is 4.79 Å². The molecule has 9 heteroatoms. The Morgan fingerprint density at radius 1 is 1.19 bits per heavy atom. The van der Waals surface area contributed by atoms with E-state index in [1.807, 2.05) is 24.3 Å². The van der Waals surface area contributed by atoms with Gasteiger partial charge in [-0.3, -0.25) is 14.6 Å². The van der Waals surface area contributed by atoms with E-state index in [0.717, 1.165) is 83.1 Å². The number of amides is 1. The predicted octanol–water partition coefficient (Wildman–Crippen LogP) is 1.80. The fourth-order valence-corrected chi connectivity index (χ4v) is 4.26. The molecule has 0 spiro atoms. The summed E-state index contributed by atoms with van der Waals surface area (Å²) in [5.74, 6) is 2.09. The zero-order valence-electron chi connectivity index (χ0n) is 18.8. The minimum Gasteiger partial charge on any atom is -0.497 e. The molecule has 3 heterocycles. The first-order valence-corrected chi connectivity index (χ1v) is 11.5. The number of rotatable bonds is 9. The van der Waals surface area contributed by atoms with Crippen molar-refractivity contribution in [2.24, 2.45) is 5.92 Å². The molecule has 1 atom stereocenters. The number of methoxy groups -OCH3 is 1. The lowest BCUT2D eigenvalue weighted by atomic mass is 9.97. The van der Waals surface area contributed by atoms with E-state index in [2.05, 4.69) is 25.3 Å². The average molecular weight is 444 g/mol. The molecule has 9 nitrogen and oxygen atoms in total. The summed E-state index contributed by atoms with van der Waals surface area (Å²) in [6.45, 7) is 7.54. The molecule has 2 aliphatic heterocycles. The molecule has 174 valence electrons. The Hall–Kier alpha value is -2.49. The SMILES string of the molecule is COc1ccc(-c2noc(CN3CCCC(C(=O)NCCCN4CCOCC4)C3)n2)cc1. The zero-order valence-corrected chi connectivity index (χ0v) is 18.8. The first-order valence-electron chi connectivity index (χ1n) is 11.5. The zero-order chi connectivity index (χ0) is 22.2. The van der Waals surface area contributed by atoms with E-state index in [4.69, 9.17) is 14.0 Å². The molecular weight excluding hydrogens is 410 g/mol. The quantitative estimate of drug-likeness (QED) is 0.587. The van der Waals surface area contributed by atoms with E-state index in [-0.39, 0.29) is 11.8 Å². The number of piperidine rings is 1. The maximum Gasteiger partial charge on any atom is 0.241 e. The highest BCUT2D eigenvalue weighted by Crippen LogP contribution is 2.22. The van der Waals surface area contributed by atoms with Crippen LogP contribution in [0.3, 0.4) is 0 Å². The number of benzene rings is 1. The van der Waals surface area contributed by atoms with Gasteiger partial charge in [-0.15, -0.1) is 0 Å². The van der Waals surface area contributed by atoms with Crippen molar-refractivity contribution in [3.63, 3.8) is 0 Å². The molecule has 0 radical (unpaired) electrons. The molecule has 4 rings (SSSR count). The molecule has 32 heavy (non-hydrogen) atoms. The van der Waals surface area contributed by atoms with Gasteiger partial charge in [-0.05, 0) is 56.6 Å². The molecule has 1 aromatic carbocycles. The molecule has 2 aromatic rings. The van der Waals surface area contributed by atoms with Crippen molar-refractivity contribution in [1.29, 1.82) is 0 Å². The van der Waals surface area contributed by atoms with E-state index < -0.39 is 0 Å². The highest BCUT2D eigenvalue weighted by atomic mass is 16.5. The number of likely N-dealkylation sites (tertiary alicyclic amines) is 1. The number of aromatic nitrogens is 2. The topological polar surface area (TPSA) is 93.0 Å². The summed E-state index contributed by atoms with van der Waals surface area (Å²) in [5, 5.41) is 7.23. The standard InChI is InChI=1S/C23H33N5O4/c1-30-20-7-5-18(6-8-20)22-25-21(32-26-22)17-28-10-2-4-19(16-28)23(29)24-9-3-11-27-12-14-31-15-13-27/h5-8,19H,2-4,9-17H2,1H3,(H,24,29). The summed E-state index contributed by atoms with van der Waals surface area (Å²) >= 11 is 0. The van der Waals surface area contributed by atoms with Crippen LogP contribution in [-0.4, -0.2) is 85.4 Å². The first-order chi connectivity index (χ1) is 15.7. The number of carbonyl (C=O) groups excluding carboxylic acids is 1. The summed E-state index contributed by atoms with van der Waals surface area (Å²) in [5.41, 5.74) is 0.883. The van der Waals surface area contributed by atoms with Crippen LogP contribution in [0.25, 0.3) is 11.4 Å². The summed E-state index contributed by atoms with van der Waals surface area (Å²) in [4.78, 5) is 21.8. The normalized spacial score (nSPS) is 20.2. The van der Waals surface area contributed by atoms with Gasteiger partial charge in [0.25, 0.3) is 0 Å². The molecule has 1 amide bonds. The third-order valence-corrected chi connectivity index (χ3v) is 6.11. The van der Waals surface area contributed by atoms with Crippen molar-refractivity contribution < 1.29 is 18.8 Å². The third-order valence-electron chi connectivity index (χ3n) is 6.11. The van der Waals surface area contributed by atoms with Crippen LogP contribution >= 0.6 is 0 Å². The van der Waals surface area contributed by atoms with Gasteiger partial charge in [0.05, 0.1) is 32.8 Å². The average Bonchev–Trinajstić information content (AvgIpc) is 3.31. The third kappa shape index (κ3) is 6.27. The number of morpholine rings is 1. The maximum absolute atomic E-state index is 12.7. The van der Waals surface area contributed by atoms with Crippen LogP contribution in [0, 0.1) is 5.92 Å². The molecule has 0 bridgehead atoms. The number of hydrogen-bond donors (Lipinski definition) is 1. The number of nitrogens with one attached hydrogen (secondary N) is 1. The molecular formula is C23H33N5O4. The van der Waals surface area contributed by atoms with Gasteiger partial charge in [0.15, 0.2) is 0 Å². The smallest absolute Gasteiger partial charge is 0.241 e. The highest BCUT2D eigenvalue weighted by Gasteiger charge is 2.26. The van der Waals surface area contributed by atoms with Gasteiger partial charge in [0, 0.05) is 31.7 Å². The Bertz CT molecular complexity index is 850. The van der Waals surface area contributed by atoms with Crippen LogP contribution in [0.1, 0.15) is 25.2 Å². The van der Waals surface area contributed by atoms with Crippen LogP contribution in [0.4, 0.5) is 0 Å². The Morgan fingerprint density at radius 3 is 2.78 bits per heavy atom. The lowest BCUT2D eigenvalue weighted by molar-refractivity contribution is -0.126. The van der Waals surface area contributed by atoms with Crippen molar-refractivity contribution in [3.8, 4) is 17.1 Å². The second kappa shape index (κ2) is 11.4. The van der Waals surface area contributed by atoms with Gasteiger partial charge in [0.1, 0.15) is 5.75 Å². The van der Waals surface area contributed by atoms with E-state index in [1.165, 1.54) is 0 Å². The van der Waals surface area contributed by atoms with Crippen LogP contribution in [0.15, 0.2) is 28.8 Å². The highest BCUT2D eigenvalue weighted by molar-refractivity contribution is 5.78. The summed E-state index contributed by atoms with van der Waals surface area (Å²) < 4.78 is 16.0. The molecule has 2 fully saturated rings. The van der Waals surface area contributed by atoms with Gasteiger partial charge in [-0.1, -0.05) is 5.16 Å². The number of ether oxygens (including phenoxy) is 2. The fourth-order valence-electron chi connectivity index (χ4n) is 4.26. The lowest BCUT2D eigenvalue weighted by Gasteiger charge is -2.31. The van der Waals surface area contributed by atoms with Crippen LogP contribution in [0.5, 0.6) is 5.75 Å². The monoisotopic (exact) mass is 443 g/mol. The predicted molar refractivity (Wildman–Crippen MR) is 119 cm³/mol.